The molecular weight excluding hydrogens is 392 g/mol. The van der Waals surface area contributed by atoms with Crippen LogP contribution in [0.15, 0.2) is 30.3 Å². The lowest BCUT2D eigenvalue weighted by atomic mass is 9.83. The van der Waals surface area contributed by atoms with E-state index in [0.29, 0.717) is 50.7 Å². The number of likely N-dealkylation sites (tertiary alicyclic amines) is 2. The molecule has 1 unspecified atom stereocenters. The highest BCUT2D eigenvalue weighted by Gasteiger charge is 2.51. The first kappa shape index (κ1) is 20.7. The summed E-state index contributed by atoms with van der Waals surface area (Å²) in [4.78, 5) is 16.6. The van der Waals surface area contributed by atoms with Gasteiger partial charge in [0.05, 0.1) is 31.2 Å². The summed E-state index contributed by atoms with van der Waals surface area (Å²) < 4.78 is 10.8. The molecule has 1 aliphatic carbocycles. The van der Waals surface area contributed by atoms with Gasteiger partial charge < -0.3 is 19.7 Å². The molecule has 0 aromatic heterocycles. The predicted molar refractivity (Wildman–Crippen MR) is 116 cm³/mol. The molecule has 5 rings (SSSR count). The zero-order valence-electron chi connectivity index (χ0n) is 18.0. The summed E-state index contributed by atoms with van der Waals surface area (Å²) in [5, 5.41) is 13.3. The molecule has 1 amide bonds. The molecule has 166 valence electrons. The summed E-state index contributed by atoms with van der Waals surface area (Å²) in [5.74, 6) is 0.653. The third kappa shape index (κ3) is 4.43. The van der Waals surface area contributed by atoms with Crippen LogP contribution >= 0.6 is 0 Å². The van der Waals surface area contributed by atoms with E-state index in [1.807, 2.05) is 0 Å². The van der Waals surface area contributed by atoms with E-state index in [0.717, 1.165) is 32.4 Å². The van der Waals surface area contributed by atoms with Crippen LogP contribution in [-0.2, 0) is 9.47 Å². The third-order valence-electron chi connectivity index (χ3n) is 7.43. The summed E-state index contributed by atoms with van der Waals surface area (Å²) in [6.07, 6.45) is 4.26. The number of carbonyl (C=O) groups excluding carboxylic acids is 1. The highest BCUT2D eigenvalue weighted by atomic mass is 16.6. The van der Waals surface area contributed by atoms with Crippen LogP contribution in [0.25, 0.3) is 0 Å². The van der Waals surface area contributed by atoms with Crippen molar-refractivity contribution in [1.29, 1.82) is 5.26 Å². The molecule has 3 saturated heterocycles. The molecule has 0 spiro atoms. The summed E-state index contributed by atoms with van der Waals surface area (Å²) in [5.41, 5.74) is 1.23. The van der Waals surface area contributed by atoms with Crippen molar-refractivity contribution in [3.63, 3.8) is 0 Å². The van der Waals surface area contributed by atoms with Crippen LogP contribution in [0.4, 0.5) is 4.79 Å². The number of carbonyl (C=O) groups is 1. The number of nitrogens with zero attached hydrogens (tertiary/aromatic N) is 3. The monoisotopic (exact) mass is 424 g/mol. The van der Waals surface area contributed by atoms with Gasteiger partial charge in [-0.3, -0.25) is 4.90 Å². The lowest BCUT2D eigenvalue weighted by molar-refractivity contribution is -0.0634. The Labute approximate surface area is 184 Å². The molecule has 1 N–H and O–H groups in total. The molecule has 3 atom stereocenters. The number of piperidine rings is 1. The molecule has 3 aliphatic heterocycles. The number of hydrogen-bond acceptors (Lipinski definition) is 6. The molecule has 1 saturated carbocycles. The Hall–Kier alpha value is -2.14. The molecular formula is C24H32N4O3. The zero-order valence-corrected chi connectivity index (χ0v) is 18.0. The van der Waals surface area contributed by atoms with E-state index in [4.69, 9.17) is 9.47 Å². The van der Waals surface area contributed by atoms with Crippen LogP contribution in [0, 0.1) is 11.3 Å². The van der Waals surface area contributed by atoms with Gasteiger partial charge in [-0.25, -0.2) is 4.79 Å². The molecule has 1 aromatic rings. The Kier molecular flexibility index (Phi) is 5.87. The van der Waals surface area contributed by atoms with E-state index in [2.05, 4.69) is 46.6 Å². The van der Waals surface area contributed by atoms with Crippen molar-refractivity contribution in [3.8, 4) is 6.07 Å². The van der Waals surface area contributed by atoms with Crippen molar-refractivity contribution in [2.24, 2.45) is 0 Å². The molecule has 4 fully saturated rings. The Morgan fingerprint density at radius 2 is 2.00 bits per heavy atom. The molecule has 7 nitrogen and oxygen atoms in total. The SMILES string of the molecule is N#CCC1(N2CCC(N[C@@H]3C[C@H]3c3ccccc3)CC2)CN(C(=O)OC2CCOC2)C1. The third-order valence-corrected chi connectivity index (χ3v) is 7.43. The van der Waals surface area contributed by atoms with Gasteiger partial charge in [-0.15, -0.1) is 0 Å². The molecule has 0 radical (unpaired) electrons. The number of benzene rings is 1. The van der Waals surface area contributed by atoms with Crippen LogP contribution in [0.1, 0.15) is 43.6 Å². The maximum Gasteiger partial charge on any atom is 0.410 e. The first-order valence-electron chi connectivity index (χ1n) is 11.6. The van der Waals surface area contributed by atoms with Crippen molar-refractivity contribution < 1.29 is 14.3 Å². The fourth-order valence-electron chi connectivity index (χ4n) is 5.46. The topological polar surface area (TPSA) is 77.8 Å². The van der Waals surface area contributed by atoms with Gasteiger partial charge in [-0.1, -0.05) is 30.3 Å². The number of hydrogen-bond donors (Lipinski definition) is 1. The smallest absolute Gasteiger partial charge is 0.410 e. The van der Waals surface area contributed by atoms with Crippen molar-refractivity contribution >= 4 is 6.09 Å². The fraction of sp³-hybridized carbons (Fsp3) is 0.667. The minimum Gasteiger partial charge on any atom is -0.444 e. The van der Waals surface area contributed by atoms with Crippen LogP contribution < -0.4 is 5.32 Å². The standard InChI is InChI=1S/C24H32N4O3/c25-10-9-24(16-27(17-24)23(29)31-20-8-13-30-15-20)28-11-6-19(7-12-28)26-22-14-21(22)18-4-2-1-3-5-18/h1-5,19-22,26H,6-9,11-17H2/t20?,21-,22+/m0/s1. The van der Waals surface area contributed by atoms with Gasteiger partial charge in [-0.05, 0) is 24.8 Å². The first-order chi connectivity index (χ1) is 15.2. The van der Waals surface area contributed by atoms with Gasteiger partial charge in [0, 0.05) is 50.6 Å². The van der Waals surface area contributed by atoms with Gasteiger partial charge in [-0.2, -0.15) is 5.26 Å². The van der Waals surface area contributed by atoms with Gasteiger partial charge in [0.15, 0.2) is 0 Å². The molecule has 3 heterocycles. The second-order valence-corrected chi connectivity index (χ2v) is 9.57. The lowest BCUT2D eigenvalue weighted by Gasteiger charge is -2.56. The Morgan fingerprint density at radius 3 is 2.68 bits per heavy atom. The maximum absolute atomic E-state index is 12.4. The van der Waals surface area contributed by atoms with E-state index in [9.17, 15) is 10.1 Å². The van der Waals surface area contributed by atoms with Crippen molar-refractivity contribution in [1.82, 2.24) is 15.1 Å². The van der Waals surface area contributed by atoms with E-state index in [1.165, 1.54) is 12.0 Å². The average molecular weight is 425 g/mol. The van der Waals surface area contributed by atoms with Gasteiger partial charge in [0.2, 0.25) is 0 Å². The highest BCUT2D eigenvalue weighted by Crippen LogP contribution is 2.42. The van der Waals surface area contributed by atoms with Crippen LogP contribution in [-0.4, -0.2) is 79.0 Å². The predicted octanol–water partition coefficient (Wildman–Crippen LogP) is 2.49. The molecule has 1 aromatic carbocycles. The summed E-state index contributed by atoms with van der Waals surface area (Å²) in [6.45, 7) is 4.28. The van der Waals surface area contributed by atoms with Gasteiger partial charge >= 0.3 is 6.09 Å². The number of ether oxygens (including phenoxy) is 2. The largest absolute Gasteiger partial charge is 0.444 e. The second-order valence-electron chi connectivity index (χ2n) is 9.57. The normalized spacial score (nSPS) is 30.4. The Bertz CT molecular complexity index is 806. The lowest BCUT2D eigenvalue weighted by Crippen LogP contribution is -2.72. The van der Waals surface area contributed by atoms with E-state index in [1.54, 1.807) is 4.90 Å². The van der Waals surface area contributed by atoms with Gasteiger partial charge in [0.25, 0.3) is 0 Å². The molecule has 7 heteroatoms. The molecule has 4 aliphatic rings. The average Bonchev–Trinajstić information content (AvgIpc) is 3.34. The van der Waals surface area contributed by atoms with Crippen LogP contribution in [0.3, 0.4) is 0 Å². The zero-order chi connectivity index (χ0) is 21.3. The second kappa shape index (κ2) is 8.78. The van der Waals surface area contributed by atoms with E-state index >= 15 is 0 Å². The van der Waals surface area contributed by atoms with Crippen LogP contribution in [0.5, 0.6) is 0 Å². The summed E-state index contributed by atoms with van der Waals surface area (Å²) in [7, 11) is 0. The van der Waals surface area contributed by atoms with Crippen molar-refractivity contribution in [3.05, 3.63) is 35.9 Å². The number of nitrogens with one attached hydrogen (secondary N) is 1. The van der Waals surface area contributed by atoms with Crippen LogP contribution in [0.2, 0.25) is 0 Å². The minimum absolute atomic E-state index is 0.123. The van der Waals surface area contributed by atoms with Crippen molar-refractivity contribution in [2.45, 2.75) is 61.7 Å². The highest BCUT2D eigenvalue weighted by molar-refractivity contribution is 5.69. The first-order valence-corrected chi connectivity index (χ1v) is 11.6. The van der Waals surface area contributed by atoms with E-state index in [-0.39, 0.29) is 17.7 Å². The Balaban J connectivity index is 1.09. The summed E-state index contributed by atoms with van der Waals surface area (Å²) >= 11 is 0. The Morgan fingerprint density at radius 1 is 1.23 bits per heavy atom. The number of amides is 1. The van der Waals surface area contributed by atoms with Gasteiger partial charge in [0.1, 0.15) is 6.10 Å². The molecule has 31 heavy (non-hydrogen) atoms. The minimum atomic E-state index is -0.263. The summed E-state index contributed by atoms with van der Waals surface area (Å²) in [6, 6.07) is 14.3. The quantitative estimate of drug-likeness (QED) is 0.756. The van der Waals surface area contributed by atoms with Crippen molar-refractivity contribution in [2.75, 3.05) is 39.4 Å². The number of nitriles is 1. The molecule has 0 bridgehead atoms. The van der Waals surface area contributed by atoms with E-state index < -0.39 is 0 Å². The maximum atomic E-state index is 12.4. The number of rotatable bonds is 6. The fourth-order valence-corrected chi connectivity index (χ4v) is 5.46.